The first-order valence-corrected chi connectivity index (χ1v) is 9.85. The van der Waals surface area contributed by atoms with E-state index in [1.807, 2.05) is 43.3 Å². The molecule has 0 spiro atoms. The van der Waals surface area contributed by atoms with Crippen molar-refractivity contribution >= 4 is 57.1 Å². The van der Waals surface area contributed by atoms with Crippen molar-refractivity contribution in [1.82, 2.24) is 14.9 Å². The molecule has 25 heavy (non-hydrogen) atoms. The molecule has 0 saturated carbocycles. The maximum Gasteiger partial charge on any atom is 0.212 e. The molecule has 128 valence electrons. The van der Waals surface area contributed by atoms with E-state index in [1.54, 1.807) is 17.0 Å². The van der Waals surface area contributed by atoms with Crippen LogP contribution in [0.25, 0.3) is 0 Å². The van der Waals surface area contributed by atoms with Gasteiger partial charge in [0, 0.05) is 25.8 Å². The Kier molecular flexibility index (Phi) is 6.17. The summed E-state index contributed by atoms with van der Waals surface area (Å²) in [4.78, 5) is 0. The largest absolute Gasteiger partial charge is 0.212 e. The third-order valence-electron chi connectivity index (χ3n) is 3.36. The molecular formula is C17H13BrCl2N4S. The van der Waals surface area contributed by atoms with E-state index < -0.39 is 0 Å². The van der Waals surface area contributed by atoms with Crippen LogP contribution in [0.4, 0.5) is 0 Å². The molecule has 0 saturated heterocycles. The molecule has 0 N–H and O–H groups in total. The van der Waals surface area contributed by atoms with Crippen molar-refractivity contribution in [2.24, 2.45) is 5.10 Å². The quantitative estimate of drug-likeness (QED) is 0.359. The van der Waals surface area contributed by atoms with Gasteiger partial charge < -0.3 is 0 Å². The fraction of sp³-hybridized carbons (Fsp3) is 0.118. The van der Waals surface area contributed by atoms with E-state index in [4.69, 9.17) is 23.2 Å². The first-order valence-electron chi connectivity index (χ1n) is 7.32. The molecule has 0 unspecified atom stereocenters. The van der Waals surface area contributed by atoms with Crippen molar-refractivity contribution < 1.29 is 0 Å². The Morgan fingerprint density at radius 2 is 2.00 bits per heavy atom. The van der Waals surface area contributed by atoms with Gasteiger partial charge in [0.15, 0.2) is 5.82 Å². The van der Waals surface area contributed by atoms with E-state index in [1.165, 1.54) is 11.8 Å². The Morgan fingerprint density at radius 1 is 1.20 bits per heavy atom. The summed E-state index contributed by atoms with van der Waals surface area (Å²) >= 11 is 17.2. The van der Waals surface area contributed by atoms with Gasteiger partial charge in [0.25, 0.3) is 0 Å². The van der Waals surface area contributed by atoms with Gasteiger partial charge in [0.05, 0.1) is 6.21 Å². The van der Waals surface area contributed by atoms with Crippen molar-refractivity contribution in [3.63, 3.8) is 0 Å². The average Bonchev–Trinajstić information content (AvgIpc) is 2.93. The molecule has 0 aliphatic heterocycles. The summed E-state index contributed by atoms with van der Waals surface area (Å²) in [5.41, 5.74) is 1.96. The summed E-state index contributed by atoms with van der Waals surface area (Å²) in [5.74, 6) is 1.37. The lowest BCUT2D eigenvalue weighted by atomic mass is 10.2. The third-order valence-corrected chi connectivity index (χ3v) is 5.63. The van der Waals surface area contributed by atoms with Gasteiger partial charge in [-0.25, -0.2) is 0 Å². The number of hydrogen-bond acceptors (Lipinski definition) is 4. The van der Waals surface area contributed by atoms with Crippen LogP contribution in [0.5, 0.6) is 0 Å². The van der Waals surface area contributed by atoms with Gasteiger partial charge in [0.2, 0.25) is 5.16 Å². The molecule has 1 heterocycles. The van der Waals surface area contributed by atoms with Crippen LogP contribution in [0.1, 0.15) is 17.0 Å². The highest BCUT2D eigenvalue weighted by Crippen LogP contribution is 2.28. The zero-order chi connectivity index (χ0) is 17.8. The minimum Gasteiger partial charge on any atom is -0.192 e. The van der Waals surface area contributed by atoms with E-state index >= 15 is 0 Å². The van der Waals surface area contributed by atoms with Crippen LogP contribution in [-0.2, 0) is 5.75 Å². The number of hydrogen-bond donors (Lipinski definition) is 0. The van der Waals surface area contributed by atoms with Crippen molar-refractivity contribution in [3.05, 3.63) is 73.9 Å². The number of benzene rings is 2. The fourth-order valence-corrected chi connectivity index (χ4v) is 3.92. The van der Waals surface area contributed by atoms with Crippen LogP contribution in [0.2, 0.25) is 10.0 Å². The van der Waals surface area contributed by atoms with Crippen molar-refractivity contribution in [2.75, 3.05) is 0 Å². The predicted octanol–water partition coefficient (Wildman–Crippen LogP) is 5.83. The summed E-state index contributed by atoms with van der Waals surface area (Å²) in [7, 11) is 0. The second-order valence-corrected chi connectivity index (χ2v) is 7.77. The Bertz CT molecular complexity index is 927. The van der Waals surface area contributed by atoms with E-state index in [2.05, 4.69) is 31.2 Å². The highest BCUT2D eigenvalue weighted by atomic mass is 79.9. The topological polar surface area (TPSA) is 43.1 Å². The lowest BCUT2D eigenvalue weighted by Crippen LogP contribution is -1.97. The smallest absolute Gasteiger partial charge is 0.192 e. The SMILES string of the molecule is Cc1nnc(SCc2ccc(Cl)cc2Cl)n1/N=C/c1ccccc1Br. The van der Waals surface area contributed by atoms with E-state index in [-0.39, 0.29) is 0 Å². The summed E-state index contributed by atoms with van der Waals surface area (Å²) in [5, 5.41) is 14.8. The summed E-state index contributed by atoms with van der Waals surface area (Å²) < 4.78 is 2.69. The zero-order valence-corrected chi connectivity index (χ0v) is 17.1. The first-order chi connectivity index (χ1) is 12.0. The molecule has 0 aliphatic rings. The van der Waals surface area contributed by atoms with Crippen LogP contribution in [0.3, 0.4) is 0 Å². The zero-order valence-electron chi connectivity index (χ0n) is 13.2. The number of aryl methyl sites for hydroxylation is 1. The van der Waals surface area contributed by atoms with E-state index in [9.17, 15) is 0 Å². The molecule has 0 atom stereocenters. The summed E-state index contributed by atoms with van der Waals surface area (Å²) in [6, 6.07) is 13.3. The van der Waals surface area contributed by atoms with Crippen LogP contribution in [-0.4, -0.2) is 21.1 Å². The summed E-state index contributed by atoms with van der Waals surface area (Å²) in [6.45, 7) is 1.86. The van der Waals surface area contributed by atoms with Crippen LogP contribution < -0.4 is 0 Å². The molecule has 0 fully saturated rings. The standard InChI is InChI=1S/C17H13BrCl2N4S/c1-11-22-23-17(25-10-13-6-7-14(19)8-16(13)20)24(11)21-9-12-4-2-3-5-15(12)18/h2-9H,10H2,1H3/b21-9+. The highest BCUT2D eigenvalue weighted by molar-refractivity contribution is 9.10. The monoisotopic (exact) mass is 454 g/mol. The van der Waals surface area contributed by atoms with Crippen LogP contribution in [0, 0.1) is 6.92 Å². The minimum absolute atomic E-state index is 0.621. The maximum absolute atomic E-state index is 6.22. The second-order valence-electron chi connectivity index (χ2n) is 5.13. The molecule has 3 rings (SSSR count). The Labute approximate surface area is 168 Å². The highest BCUT2D eigenvalue weighted by Gasteiger charge is 2.10. The fourth-order valence-electron chi connectivity index (χ4n) is 2.04. The normalized spacial score (nSPS) is 11.4. The van der Waals surface area contributed by atoms with Gasteiger partial charge in [-0.15, -0.1) is 10.2 Å². The number of thioether (sulfide) groups is 1. The molecule has 8 heteroatoms. The Balaban J connectivity index is 1.79. The summed E-state index contributed by atoms with van der Waals surface area (Å²) in [6.07, 6.45) is 1.78. The van der Waals surface area contributed by atoms with Gasteiger partial charge >= 0.3 is 0 Å². The van der Waals surface area contributed by atoms with Gasteiger partial charge in [-0.1, -0.05) is 75.2 Å². The molecule has 0 amide bonds. The number of nitrogens with zero attached hydrogens (tertiary/aromatic N) is 4. The van der Waals surface area contributed by atoms with Crippen LogP contribution >= 0.6 is 50.9 Å². The Hall–Kier alpha value is -1.34. The van der Waals surface area contributed by atoms with Gasteiger partial charge in [0.1, 0.15) is 0 Å². The number of rotatable bonds is 5. The predicted molar refractivity (Wildman–Crippen MR) is 108 cm³/mol. The number of aromatic nitrogens is 3. The Morgan fingerprint density at radius 3 is 2.76 bits per heavy atom. The molecule has 4 nitrogen and oxygen atoms in total. The molecule has 1 aromatic heterocycles. The third kappa shape index (κ3) is 4.64. The van der Waals surface area contributed by atoms with Gasteiger partial charge in [-0.2, -0.15) is 9.78 Å². The van der Waals surface area contributed by atoms with Crippen molar-refractivity contribution in [1.29, 1.82) is 0 Å². The molecule has 2 aromatic carbocycles. The molecule has 3 aromatic rings. The molecular weight excluding hydrogens is 443 g/mol. The average molecular weight is 456 g/mol. The first kappa shape index (κ1) is 18.5. The lowest BCUT2D eigenvalue weighted by Gasteiger charge is -2.05. The molecule has 0 radical (unpaired) electrons. The van der Waals surface area contributed by atoms with Crippen molar-refractivity contribution in [2.45, 2.75) is 17.8 Å². The maximum atomic E-state index is 6.22. The van der Waals surface area contributed by atoms with E-state index in [0.717, 1.165) is 15.6 Å². The van der Waals surface area contributed by atoms with Gasteiger partial charge in [-0.3, -0.25) is 0 Å². The number of halogens is 3. The molecule has 0 bridgehead atoms. The second kappa shape index (κ2) is 8.36. The van der Waals surface area contributed by atoms with E-state index in [0.29, 0.717) is 26.8 Å². The molecule has 0 aliphatic carbocycles. The minimum atomic E-state index is 0.621. The van der Waals surface area contributed by atoms with Gasteiger partial charge in [-0.05, 0) is 30.7 Å². The van der Waals surface area contributed by atoms with Crippen molar-refractivity contribution in [3.8, 4) is 0 Å². The lowest BCUT2D eigenvalue weighted by molar-refractivity contribution is 0.744. The van der Waals surface area contributed by atoms with Crippen LogP contribution in [0.15, 0.2) is 57.2 Å².